The van der Waals surface area contributed by atoms with E-state index in [1.807, 2.05) is 47.2 Å². The van der Waals surface area contributed by atoms with Gasteiger partial charge in [0.2, 0.25) is 0 Å². The van der Waals surface area contributed by atoms with Crippen molar-refractivity contribution < 1.29 is 9.53 Å². The first-order valence-electron chi connectivity index (χ1n) is 7.56. The summed E-state index contributed by atoms with van der Waals surface area (Å²) in [5.41, 5.74) is 2.53. The van der Waals surface area contributed by atoms with Crippen molar-refractivity contribution in [1.29, 1.82) is 0 Å². The predicted octanol–water partition coefficient (Wildman–Crippen LogP) is 3.29. The average Bonchev–Trinajstić information content (AvgIpc) is 3.15. The number of benzene rings is 1. The van der Waals surface area contributed by atoms with Gasteiger partial charge in [-0.25, -0.2) is 0 Å². The van der Waals surface area contributed by atoms with Gasteiger partial charge in [0.05, 0.1) is 17.9 Å². The van der Waals surface area contributed by atoms with E-state index < -0.39 is 6.10 Å². The molecule has 24 heavy (non-hydrogen) atoms. The van der Waals surface area contributed by atoms with Crippen LogP contribution in [0.1, 0.15) is 12.6 Å². The number of hydrogen-bond acceptors (Lipinski definition) is 5. The van der Waals surface area contributed by atoms with Crippen LogP contribution in [-0.2, 0) is 11.3 Å². The number of nitrogens with one attached hydrogen (secondary N) is 1. The Morgan fingerprint density at radius 2 is 2.00 bits per heavy atom. The minimum atomic E-state index is -0.589. The highest BCUT2D eigenvalue weighted by Gasteiger charge is 2.16. The first kappa shape index (κ1) is 16.1. The van der Waals surface area contributed by atoms with Crippen molar-refractivity contribution in [3.05, 3.63) is 65.2 Å². The molecule has 0 spiro atoms. The predicted molar refractivity (Wildman–Crippen MR) is 93.7 cm³/mol. The molecule has 2 heterocycles. The molecule has 0 aliphatic carbocycles. The highest BCUT2D eigenvalue weighted by atomic mass is 32.1. The summed E-state index contributed by atoms with van der Waals surface area (Å²) in [6.07, 6.45) is 2.69. The van der Waals surface area contributed by atoms with Crippen molar-refractivity contribution in [3.63, 3.8) is 0 Å². The zero-order valence-corrected chi connectivity index (χ0v) is 14.0. The monoisotopic (exact) mass is 339 g/mol. The van der Waals surface area contributed by atoms with Crippen LogP contribution in [-0.4, -0.2) is 22.0 Å². The largest absolute Gasteiger partial charge is 0.481 e. The molecule has 0 bridgehead atoms. The van der Waals surface area contributed by atoms with Crippen LogP contribution in [0, 0.1) is 0 Å². The number of rotatable bonds is 6. The van der Waals surface area contributed by atoms with Crippen LogP contribution in [0.5, 0.6) is 5.75 Å². The maximum absolute atomic E-state index is 12.2. The smallest absolute Gasteiger partial charge is 0.261 e. The lowest BCUT2D eigenvalue weighted by Gasteiger charge is -2.15. The van der Waals surface area contributed by atoms with Crippen LogP contribution in [0.4, 0.5) is 0 Å². The molecule has 0 unspecified atom stereocenters. The quantitative estimate of drug-likeness (QED) is 0.748. The van der Waals surface area contributed by atoms with Gasteiger partial charge >= 0.3 is 0 Å². The van der Waals surface area contributed by atoms with Gasteiger partial charge in [-0.05, 0) is 30.5 Å². The van der Waals surface area contributed by atoms with Crippen LogP contribution in [0.3, 0.4) is 0 Å². The maximum atomic E-state index is 12.2. The van der Waals surface area contributed by atoms with Crippen molar-refractivity contribution in [2.45, 2.75) is 19.6 Å². The molecule has 1 amide bonds. The number of thiophene rings is 1. The fourth-order valence-electron chi connectivity index (χ4n) is 2.21. The normalized spacial score (nSPS) is 11.7. The molecule has 6 heteroatoms. The van der Waals surface area contributed by atoms with E-state index in [0.29, 0.717) is 12.3 Å². The second-order valence-corrected chi connectivity index (χ2v) is 5.93. The zero-order chi connectivity index (χ0) is 16.8. The number of carbonyl (C=O) groups is 1. The van der Waals surface area contributed by atoms with E-state index in [4.69, 9.17) is 4.74 Å². The molecular weight excluding hydrogens is 322 g/mol. The van der Waals surface area contributed by atoms with Gasteiger partial charge in [-0.15, -0.1) is 0 Å². The summed E-state index contributed by atoms with van der Waals surface area (Å²) in [4.78, 5) is 20.9. The van der Waals surface area contributed by atoms with Crippen LogP contribution in [0.15, 0.2) is 59.6 Å². The third-order valence-electron chi connectivity index (χ3n) is 3.42. The SMILES string of the molecule is C[C@@H](Oc1ccccc1)C(=O)NCc1nccnc1-c1ccsc1. The molecule has 1 N–H and O–H groups in total. The Morgan fingerprint density at radius 3 is 2.75 bits per heavy atom. The fourth-order valence-corrected chi connectivity index (χ4v) is 2.85. The summed E-state index contributed by atoms with van der Waals surface area (Å²) >= 11 is 1.60. The zero-order valence-electron chi connectivity index (χ0n) is 13.2. The highest BCUT2D eigenvalue weighted by molar-refractivity contribution is 7.08. The summed E-state index contributed by atoms with van der Waals surface area (Å²) in [7, 11) is 0. The van der Waals surface area contributed by atoms with Crippen molar-refractivity contribution in [1.82, 2.24) is 15.3 Å². The number of amides is 1. The fraction of sp³-hybridized carbons (Fsp3) is 0.167. The van der Waals surface area contributed by atoms with Crippen molar-refractivity contribution in [2.24, 2.45) is 0 Å². The lowest BCUT2D eigenvalue weighted by molar-refractivity contribution is -0.127. The second kappa shape index (κ2) is 7.70. The van der Waals surface area contributed by atoms with Gasteiger partial charge in [0.15, 0.2) is 6.10 Å². The van der Waals surface area contributed by atoms with Gasteiger partial charge in [0, 0.05) is 23.3 Å². The Labute approximate surface area is 144 Å². The van der Waals surface area contributed by atoms with Gasteiger partial charge < -0.3 is 10.1 Å². The first-order chi connectivity index (χ1) is 11.7. The number of ether oxygens (including phenoxy) is 1. The number of hydrogen-bond donors (Lipinski definition) is 1. The lowest BCUT2D eigenvalue weighted by atomic mass is 10.2. The highest BCUT2D eigenvalue weighted by Crippen LogP contribution is 2.22. The molecule has 0 radical (unpaired) electrons. The molecule has 0 saturated heterocycles. The van der Waals surface area contributed by atoms with Crippen LogP contribution in [0.2, 0.25) is 0 Å². The Kier molecular flexibility index (Phi) is 5.18. The Hall–Kier alpha value is -2.73. The molecule has 3 rings (SSSR count). The molecule has 1 atom stereocenters. The molecular formula is C18H17N3O2S. The molecule has 0 saturated carbocycles. The maximum Gasteiger partial charge on any atom is 0.261 e. The van der Waals surface area contributed by atoms with Gasteiger partial charge in [-0.3, -0.25) is 14.8 Å². The van der Waals surface area contributed by atoms with E-state index in [-0.39, 0.29) is 5.91 Å². The average molecular weight is 339 g/mol. The Morgan fingerprint density at radius 1 is 1.21 bits per heavy atom. The third-order valence-corrected chi connectivity index (χ3v) is 4.11. The number of nitrogens with zero attached hydrogens (tertiary/aromatic N) is 2. The molecule has 5 nitrogen and oxygen atoms in total. The first-order valence-corrected chi connectivity index (χ1v) is 8.50. The van der Waals surface area contributed by atoms with Crippen molar-refractivity contribution in [2.75, 3.05) is 0 Å². The molecule has 2 aromatic heterocycles. The summed E-state index contributed by atoms with van der Waals surface area (Å²) < 4.78 is 5.62. The third kappa shape index (κ3) is 3.97. The summed E-state index contributed by atoms with van der Waals surface area (Å²) in [5, 5.41) is 6.86. The van der Waals surface area contributed by atoms with Crippen LogP contribution in [0.25, 0.3) is 11.3 Å². The topological polar surface area (TPSA) is 64.1 Å². The minimum absolute atomic E-state index is 0.194. The number of para-hydroxylation sites is 1. The van der Waals surface area contributed by atoms with Crippen LogP contribution >= 0.6 is 11.3 Å². The van der Waals surface area contributed by atoms with Crippen molar-refractivity contribution in [3.8, 4) is 17.0 Å². The Balaban J connectivity index is 1.63. The van der Waals surface area contributed by atoms with E-state index in [0.717, 1.165) is 17.0 Å². The number of carbonyl (C=O) groups excluding carboxylic acids is 1. The van der Waals surface area contributed by atoms with E-state index >= 15 is 0 Å². The molecule has 0 aliphatic rings. The Bertz CT molecular complexity index is 791. The molecule has 122 valence electrons. The van der Waals surface area contributed by atoms with E-state index in [1.165, 1.54) is 0 Å². The van der Waals surface area contributed by atoms with E-state index in [1.54, 1.807) is 30.7 Å². The standard InChI is InChI=1S/C18H17N3O2S/c1-13(23-15-5-3-2-4-6-15)18(22)21-11-16-17(20-9-8-19-16)14-7-10-24-12-14/h2-10,12-13H,11H2,1H3,(H,21,22)/t13-/m1/s1. The van der Waals surface area contributed by atoms with E-state index in [2.05, 4.69) is 15.3 Å². The van der Waals surface area contributed by atoms with Gasteiger partial charge in [0.25, 0.3) is 5.91 Å². The van der Waals surface area contributed by atoms with Crippen LogP contribution < -0.4 is 10.1 Å². The summed E-state index contributed by atoms with van der Waals surface area (Å²) in [5.74, 6) is 0.472. The van der Waals surface area contributed by atoms with Crippen molar-refractivity contribution >= 4 is 17.2 Å². The van der Waals surface area contributed by atoms with Gasteiger partial charge in [-0.1, -0.05) is 18.2 Å². The lowest BCUT2D eigenvalue weighted by Crippen LogP contribution is -2.36. The second-order valence-electron chi connectivity index (χ2n) is 5.15. The summed E-state index contributed by atoms with van der Waals surface area (Å²) in [6, 6.07) is 11.3. The molecule has 1 aromatic carbocycles. The molecule has 0 fully saturated rings. The molecule has 3 aromatic rings. The van der Waals surface area contributed by atoms with Gasteiger partial charge in [-0.2, -0.15) is 11.3 Å². The molecule has 0 aliphatic heterocycles. The summed E-state index contributed by atoms with van der Waals surface area (Å²) in [6.45, 7) is 2.03. The number of aromatic nitrogens is 2. The minimum Gasteiger partial charge on any atom is -0.481 e. The van der Waals surface area contributed by atoms with Gasteiger partial charge in [0.1, 0.15) is 5.75 Å². The van der Waals surface area contributed by atoms with E-state index in [9.17, 15) is 4.79 Å².